The molecule has 1 heterocycles. The third-order valence-corrected chi connectivity index (χ3v) is 3.50. The van der Waals surface area contributed by atoms with Gasteiger partial charge in [0.1, 0.15) is 18.1 Å². The van der Waals surface area contributed by atoms with Crippen LogP contribution in [0.15, 0.2) is 60.3 Å². The van der Waals surface area contributed by atoms with E-state index in [0.29, 0.717) is 5.69 Å². The van der Waals surface area contributed by atoms with Crippen LogP contribution >= 0.6 is 0 Å². The molecule has 0 saturated carbocycles. The van der Waals surface area contributed by atoms with Gasteiger partial charge in [0.2, 0.25) is 5.91 Å². The Morgan fingerprint density at radius 3 is 2.44 bits per heavy atom. The highest BCUT2D eigenvalue weighted by Gasteiger charge is 2.34. The number of anilines is 1. The Balaban J connectivity index is 1.67. The summed E-state index contributed by atoms with van der Waals surface area (Å²) in [5, 5.41) is 4.95. The Morgan fingerprint density at radius 2 is 1.76 bits per heavy atom. The fraction of sp³-hybridized carbons (Fsp3) is 0.0556. The summed E-state index contributed by atoms with van der Waals surface area (Å²) in [5.41, 5.74) is 1.23. The van der Waals surface area contributed by atoms with Gasteiger partial charge in [-0.3, -0.25) is 9.59 Å². The molecule has 3 rings (SSSR count). The SMILES string of the molecule is O=C(CN1C(=O)N/C(=C\c2ccccc2)C1=O)Nc1ccc(F)cc1. The van der Waals surface area contributed by atoms with Gasteiger partial charge in [0.25, 0.3) is 5.91 Å². The van der Waals surface area contributed by atoms with Crippen molar-refractivity contribution in [2.75, 3.05) is 11.9 Å². The molecule has 2 N–H and O–H groups in total. The van der Waals surface area contributed by atoms with E-state index in [1.165, 1.54) is 30.3 Å². The van der Waals surface area contributed by atoms with Gasteiger partial charge in [0, 0.05) is 5.69 Å². The van der Waals surface area contributed by atoms with Crippen LogP contribution in [0.25, 0.3) is 6.08 Å². The highest BCUT2D eigenvalue weighted by molar-refractivity contribution is 6.15. The summed E-state index contributed by atoms with van der Waals surface area (Å²) in [6, 6.07) is 13.5. The van der Waals surface area contributed by atoms with Crippen LogP contribution in [-0.2, 0) is 9.59 Å². The zero-order valence-electron chi connectivity index (χ0n) is 13.0. The summed E-state index contributed by atoms with van der Waals surface area (Å²) in [5.74, 6) is -1.57. The fourth-order valence-electron chi connectivity index (χ4n) is 2.31. The predicted molar refractivity (Wildman–Crippen MR) is 89.7 cm³/mol. The lowest BCUT2D eigenvalue weighted by Crippen LogP contribution is -2.38. The number of imide groups is 1. The summed E-state index contributed by atoms with van der Waals surface area (Å²) in [4.78, 5) is 37.1. The minimum Gasteiger partial charge on any atom is -0.325 e. The summed E-state index contributed by atoms with van der Waals surface area (Å²) >= 11 is 0. The van der Waals surface area contributed by atoms with Gasteiger partial charge in [-0.15, -0.1) is 0 Å². The first-order valence-corrected chi connectivity index (χ1v) is 7.48. The van der Waals surface area contributed by atoms with Crippen molar-refractivity contribution in [2.24, 2.45) is 0 Å². The Hall–Kier alpha value is -3.48. The second-order valence-corrected chi connectivity index (χ2v) is 5.35. The number of carbonyl (C=O) groups excluding carboxylic acids is 3. The van der Waals surface area contributed by atoms with E-state index in [1.54, 1.807) is 12.1 Å². The predicted octanol–water partition coefficient (Wildman–Crippen LogP) is 2.36. The molecule has 1 saturated heterocycles. The molecule has 126 valence electrons. The zero-order chi connectivity index (χ0) is 17.8. The maximum Gasteiger partial charge on any atom is 0.329 e. The first-order valence-electron chi connectivity index (χ1n) is 7.48. The molecule has 0 aromatic heterocycles. The van der Waals surface area contributed by atoms with Gasteiger partial charge in [-0.2, -0.15) is 0 Å². The number of halogens is 1. The van der Waals surface area contributed by atoms with Crippen molar-refractivity contribution in [3.05, 3.63) is 71.7 Å². The van der Waals surface area contributed by atoms with Crippen molar-refractivity contribution >= 4 is 29.6 Å². The van der Waals surface area contributed by atoms with Crippen molar-refractivity contribution in [1.82, 2.24) is 10.2 Å². The molecule has 0 spiro atoms. The Morgan fingerprint density at radius 1 is 1.08 bits per heavy atom. The average molecular weight is 339 g/mol. The molecule has 2 aromatic carbocycles. The van der Waals surface area contributed by atoms with Gasteiger partial charge in [0.05, 0.1) is 0 Å². The summed E-state index contributed by atoms with van der Waals surface area (Å²) in [6.07, 6.45) is 1.54. The van der Waals surface area contributed by atoms with Gasteiger partial charge in [-0.25, -0.2) is 14.1 Å². The van der Waals surface area contributed by atoms with Crippen molar-refractivity contribution in [1.29, 1.82) is 0 Å². The van der Waals surface area contributed by atoms with Crippen LogP contribution in [0.4, 0.5) is 14.9 Å². The summed E-state index contributed by atoms with van der Waals surface area (Å²) < 4.78 is 12.9. The lowest BCUT2D eigenvalue weighted by atomic mass is 10.2. The van der Waals surface area contributed by atoms with E-state index in [0.717, 1.165) is 10.5 Å². The van der Waals surface area contributed by atoms with Gasteiger partial charge < -0.3 is 10.6 Å². The lowest BCUT2D eigenvalue weighted by Gasteiger charge is -2.11. The summed E-state index contributed by atoms with van der Waals surface area (Å²) in [7, 11) is 0. The number of nitrogens with one attached hydrogen (secondary N) is 2. The standard InChI is InChI=1S/C18H14FN3O3/c19-13-6-8-14(9-7-13)20-16(23)11-22-17(24)15(21-18(22)25)10-12-4-2-1-3-5-12/h1-10H,11H2,(H,20,23)(H,21,25)/b15-10-. The van der Waals surface area contributed by atoms with Crippen molar-refractivity contribution in [3.8, 4) is 0 Å². The quantitative estimate of drug-likeness (QED) is 0.663. The second-order valence-electron chi connectivity index (χ2n) is 5.35. The molecular formula is C18H14FN3O3. The van der Waals surface area contributed by atoms with Crippen LogP contribution in [0.3, 0.4) is 0 Å². The Kier molecular flexibility index (Phi) is 4.56. The monoisotopic (exact) mass is 339 g/mol. The fourth-order valence-corrected chi connectivity index (χ4v) is 2.31. The van der Waals surface area contributed by atoms with E-state index in [2.05, 4.69) is 10.6 Å². The van der Waals surface area contributed by atoms with Crippen LogP contribution in [-0.4, -0.2) is 29.3 Å². The smallest absolute Gasteiger partial charge is 0.325 e. The Labute approximate surface area is 142 Å². The highest BCUT2D eigenvalue weighted by atomic mass is 19.1. The van der Waals surface area contributed by atoms with Crippen LogP contribution in [0.2, 0.25) is 0 Å². The first kappa shape index (κ1) is 16.4. The number of urea groups is 1. The Bertz CT molecular complexity index is 848. The number of rotatable bonds is 4. The second kappa shape index (κ2) is 6.96. The van der Waals surface area contributed by atoms with E-state index in [1.807, 2.05) is 18.2 Å². The van der Waals surface area contributed by atoms with Gasteiger partial charge in [-0.1, -0.05) is 30.3 Å². The van der Waals surface area contributed by atoms with E-state index >= 15 is 0 Å². The third kappa shape index (κ3) is 3.89. The molecule has 4 amide bonds. The molecule has 6 nitrogen and oxygen atoms in total. The van der Waals surface area contributed by atoms with E-state index in [-0.39, 0.29) is 5.70 Å². The zero-order valence-corrected chi connectivity index (χ0v) is 13.0. The van der Waals surface area contributed by atoms with Crippen LogP contribution < -0.4 is 10.6 Å². The molecule has 0 aliphatic carbocycles. The number of carbonyl (C=O) groups is 3. The average Bonchev–Trinajstić information content (AvgIpc) is 2.85. The largest absolute Gasteiger partial charge is 0.329 e. The number of benzene rings is 2. The van der Waals surface area contributed by atoms with E-state index < -0.39 is 30.2 Å². The molecule has 7 heteroatoms. The molecule has 0 unspecified atom stereocenters. The van der Waals surface area contributed by atoms with Gasteiger partial charge >= 0.3 is 6.03 Å². The summed E-state index contributed by atoms with van der Waals surface area (Å²) in [6.45, 7) is -0.436. The van der Waals surface area contributed by atoms with Crippen LogP contribution in [0.5, 0.6) is 0 Å². The molecule has 1 fully saturated rings. The maximum absolute atomic E-state index is 12.9. The van der Waals surface area contributed by atoms with E-state index in [4.69, 9.17) is 0 Å². The molecule has 1 aliphatic rings. The molecule has 1 aliphatic heterocycles. The van der Waals surface area contributed by atoms with Gasteiger partial charge in [0.15, 0.2) is 0 Å². The highest BCUT2D eigenvalue weighted by Crippen LogP contribution is 2.14. The molecule has 0 bridgehead atoms. The molecule has 25 heavy (non-hydrogen) atoms. The molecule has 2 aromatic rings. The molecule has 0 radical (unpaired) electrons. The minimum absolute atomic E-state index is 0.103. The lowest BCUT2D eigenvalue weighted by molar-refractivity contribution is -0.127. The number of nitrogens with zero attached hydrogens (tertiary/aromatic N) is 1. The van der Waals surface area contributed by atoms with Crippen LogP contribution in [0, 0.1) is 5.82 Å². The maximum atomic E-state index is 12.9. The third-order valence-electron chi connectivity index (χ3n) is 3.50. The van der Waals surface area contributed by atoms with Crippen molar-refractivity contribution in [2.45, 2.75) is 0 Å². The van der Waals surface area contributed by atoms with Gasteiger partial charge in [-0.05, 0) is 35.9 Å². The molecule has 0 atom stereocenters. The topological polar surface area (TPSA) is 78.5 Å². The van der Waals surface area contributed by atoms with Crippen molar-refractivity contribution < 1.29 is 18.8 Å². The van der Waals surface area contributed by atoms with E-state index in [9.17, 15) is 18.8 Å². The van der Waals surface area contributed by atoms with Crippen LogP contribution in [0.1, 0.15) is 5.56 Å². The minimum atomic E-state index is -0.665. The normalized spacial score (nSPS) is 15.4. The number of amides is 4. The number of hydrogen-bond donors (Lipinski definition) is 2. The molecular weight excluding hydrogens is 325 g/mol. The first-order chi connectivity index (χ1) is 12.0. The van der Waals surface area contributed by atoms with Crippen molar-refractivity contribution in [3.63, 3.8) is 0 Å². The number of hydrogen-bond acceptors (Lipinski definition) is 3.